The summed E-state index contributed by atoms with van der Waals surface area (Å²) in [7, 11) is 1.82. The van der Waals surface area contributed by atoms with E-state index in [2.05, 4.69) is 50.6 Å². The van der Waals surface area contributed by atoms with Gasteiger partial charge in [-0.15, -0.1) is 10.2 Å². The van der Waals surface area contributed by atoms with E-state index in [-0.39, 0.29) is 0 Å². The fourth-order valence-electron chi connectivity index (χ4n) is 2.81. The predicted molar refractivity (Wildman–Crippen MR) is 77.4 cm³/mol. The molecule has 3 rings (SSSR count). The predicted octanol–water partition coefficient (Wildman–Crippen LogP) is 1.63. The number of likely N-dealkylation sites (tertiary alicyclic amines) is 1. The molecule has 1 aromatic heterocycles. The van der Waals surface area contributed by atoms with Crippen LogP contribution in [0.3, 0.4) is 0 Å². The lowest BCUT2D eigenvalue weighted by Gasteiger charge is -2.30. The van der Waals surface area contributed by atoms with E-state index in [1.165, 1.54) is 5.56 Å². The lowest BCUT2D eigenvalue weighted by molar-refractivity contribution is 0.211. The summed E-state index contributed by atoms with van der Waals surface area (Å²) in [6, 6.07) is 10.7. The maximum atomic E-state index is 4.33. The molecule has 0 radical (unpaired) electrons. The number of tetrazole rings is 1. The first-order valence-electron chi connectivity index (χ1n) is 7.31. The van der Waals surface area contributed by atoms with Gasteiger partial charge in [-0.3, -0.25) is 0 Å². The second-order valence-electron chi connectivity index (χ2n) is 5.49. The molecule has 0 spiro atoms. The van der Waals surface area contributed by atoms with Crippen molar-refractivity contribution in [1.82, 2.24) is 25.1 Å². The highest BCUT2D eigenvalue weighted by molar-refractivity contribution is 5.14. The van der Waals surface area contributed by atoms with E-state index in [4.69, 9.17) is 0 Å². The molecule has 2 heterocycles. The van der Waals surface area contributed by atoms with Gasteiger partial charge in [-0.05, 0) is 43.1 Å². The Hall–Kier alpha value is -1.75. The molecular weight excluding hydrogens is 250 g/mol. The first-order valence-corrected chi connectivity index (χ1v) is 7.31. The van der Waals surface area contributed by atoms with E-state index in [1.807, 2.05) is 7.05 Å². The zero-order chi connectivity index (χ0) is 13.8. The van der Waals surface area contributed by atoms with Gasteiger partial charge >= 0.3 is 0 Å². The zero-order valence-electron chi connectivity index (χ0n) is 11.9. The Kier molecular flexibility index (Phi) is 4.06. The van der Waals surface area contributed by atoms with E-state index in [1.54, 1.807) is 4.80 Å². The van der Waals surface area contributed by atoms with Crippen LogP contribution in [0.15, 0.2) is 30.3 Å². The Balaban J connectivity index is 1.47. The standard InChI is InChI=1S/C15H21N5/c1-19-17-15(16-18-19)14-8-11-20(12-9-14)10-7-13-5-3-2-4-6-13/h2-6,14H,7-12H2,1H3. The molecule has 0 bridgehead atoms. The average Bonchev–Trinajstić information content (AvgIpc) is 2.93. The SMILES string of the molecule is Cn1nnc(C2CCN(CCc3ccccc3)CC2)n1. The molecule has 5 nitrogen and oxygen atoms in total. The van der Waals surface area contributed by atoms with Crippen LogP contribution in [-0.4, -0.2) is 44.7 Å². The van der Waals surface area contributed by atoms with Gasteiger partial charge in [0.25, 0.3) is 0 Å². The second-order valence-corrected chi connectivity index (χ2v) is 5.49. The van der Waals surface area contributed by atoms with Gasteiger partial charge in [0, 0.05) is 12.5 Å². The van der Waals surface area contributed by atoms with Gasteiger partial charge in [0.2, 0.25) is 0 Å². The molecule has 0 saturated carbocycles. The highest BCUT2D eigenvalue weighted by atomic mass is 15.6. The quantitative estimate of drug-likeness (QED) is 0.848. The van der Waals surface area contributed by atoms with Crippen LogP contribution in [0.4, 0.5) is 0 Å². The van der Waals surface area contributed by atoms with Crippen LogP contribution in [0.25, 0.3) is 0 Å². The van der Waals surface area contributed by atoms with Crippen LogP contribution in [0.1, 0.15) is 30.1 Å². The lowest BCUT2D eigenvalue weighted by atomic mass is 9.96. The van der Waals surface area contributed by atoms with Crippen molar-refractivity contribution in [1.29, 1.82) is 0 Å². The normalized spacial score (nSPS) is 17.4. The summed E-state index contributed by atoms with van der Waals surface area (Å²) in [6.45, 7) is 3.41. The van der Waals surface area contributed by atoms with E-state index in [0.29, 0.717) is 5.92 Å². The molecule has 1 aliphatic heterocycles. The lowest BCUT2D eigenvalue weighted by Crippen LogP contribution is -2.34. The molecule has 1 aliphatic rings. The largest absolute Gasteiger partial charge is 0.303 e. The summed E-state index contributed by atoms with van der Waals surface area (Å²) in [5, 5.41) is 12.4. The topological polar surface area (TPSA) is 46.8 Å². The number of hydrogen-bond acceptors (Lipinski definition) is 4. The van der Waals surface area contributed by atoms with E-state index >= 15 is 0 Å². The van der Waals surface area contributed by atoms with Crippen molar-refractivity contribution < 1.29 is 0 Å². The van der Waals surface area contributed by atoms with Gasteiger partial charge in [0.1, 0.15) is 0 Å². The van der Waals surface area contributed by atoms with Crippen LogP contribution < -0.4 is 0 Å². The Morgan fingerprint density at radius 3 is 2.55 bits per heavy atom. The summed E-state index contributed by atoms with van der Waals surface area (Å²) < 4.78 is 0. The highest BCUT2D eigenvalue weighted by Gasteiger charge is 2.23. The monoisotopic (exact) mass is 271 g/mol. The molecule has 0 unspecified atom stereocenters. The van der Waals surface area contributed by atoms with Gasteiger partial charge < -0.3 is 4.90 Å². The van der Waals surface area contributed by atoms with E-state index < -0.39 is 0 Å². The Labute approximate surface area is 119 Å². The van der Waals surface area contributed by atoms with Crippen molar-refractivity contribution in [2.75, 3.05) is 19.6 Å². The number of hydrogen-bond donors (Lipinski definition) is 0. The van der Waals surface area contributed by atoms with E-state index in [0.717, 1.165) is 44.7 Å². The first kappa shape index (κ1) is 13.2. The maximum Gasteiger partial charge on any atom is 0.177 e. The Bertz CT molecular complexity index is 528. The van der Waals surface area contributed by atoms with Gasteiger partial charge in [-0.25, -0.2) is 0 Å². The fraction of sp³-hybridized carbons (Fsp3) is 0.533. The zero-order valence-corrected chi connectivity index (χ0v) is 11.9. The molecule has 0 atom stereocenters. The van der Waals surface area contributed by atoms with Crippen LogP contribution in [0.5, 0.6) is 0 Å². The van der Waals surface area contributed by atoms with Crippen molar-refractivity contribution in [2.24, 2.45) is 7.05 Å². The average molecular weight is 271 g/mol. The first-order chi connectivity index (χ1) is 9.81. The number of benzene rings is 1. The number of nitrogens with zero attached hydrogens (tertiary/aromatic N) is 5. The number of aryl methyl sites for hydroxylation is 1. The smallest absolute Gasteiger partial charge is 0.177 e. The van der Waals surface area contributed by atoms with Gasteiger partial charge in [0.05, 0.1) is 7.05 Å². The number of aromatic nitrogens is 4. The maximum absolute atomic E-state index is 4.33. The van der Waals surface area contributed by atoms with Crippen LogP contribution in [0, 0.1) is 0 Å². The minimum absolute atomic E-state index is 0.483. The molecule has 0 aliphatic carbocycles. The summed E-state index contributed by atoms with van der Waals surface area (Å²) >= 11 is 0. The van der Waals surface area contributed by atoms with E-state index in [9.17, 15) is 0 Å². The number of piperidine rings is 1. The molecule has 5 heteroatoms. The van der Waals surface area contributed by atoms with Crippen LogP contribution >= 0.6 is 0 Å². The van der Waals surface area contributed by atoms with Gasteiger partial charge in [-0.2, -0.15) is 4.80 Å². The Morgan fingerprint density at radius 1 is 1.15 bits per heavy atom. The second kappa shape index (κ2) is 6.13. The van der Waals surface area contributed by atoms with Gasteiger partial charge in [-0.1, -0.05) is 30.3 Å². The molecule has 0 N–H and O–H groups in total. The molecule has 2 aromatic rings. The number of rotatable bonds is 4. The van der Waals surface area contributed by atoms with Gasteiger partial charge in [0.15, 0.2) is 5.82 Å². The van der Waals surface area contributed by atoms with Crippen LogP contribution in [-0.2, 0) is 13.5 Å². The van der Waals surface area contributed by atoms with Crippen molar-refractivity contribution in [3.05, 3.63) is 41.7 Å². The Morgan fingerprint density at radius 2 is 1.90 bits per heavy atom. The molecule has 20 heavy (non-hydrogen) atoms. The molecular formula is C15H21N5. The third-order valence-corrected chi connectivity index (χ3v) is 4.04. The van der Waals surface area contributed by atoms with Crippen molar-refractivity contribution in [3.8, 4) is 0 Å². The third kappa shape index (κ3) is 3.22. The molecule has 1 aromatic carbocycles. The molecule has 106 valence electrons. The van der Waals surface area contributed by atoms with Crippen molar-refractivity contribution in [3.63, 3.8) is 0 Å². The third-order valence-electron chi connectivity index (χ3n) is 4.04. The summed E-state index contributed by atoms with van der Waals surface area (Å²) in [6.07, 6.45) is 3.41. The molecule has 1 fully saturated rings. The fourth-order valence-corrected chi connectivity index (χ4v) is 2.81. The molecule has 0 amide bonds. The highest BCUT2D eigenvalue weighted by Crippen LogP contribution is 2.24. The minimum Gasteiger partial charge on any atom is -0.303 e. The minimum atomic E-state index is 0.483. The summed E-state index contributed by atoms with van der Waals surface area (Å²) in [4.78, 5) is 4.09. The molecule has 1 saturated heterocycles. The van der Waals surface area contributed by atoms with Crippen molar-refractivity contribution >= 4 is 0 Å². The summed E-state index contributed by atoms with van der Waals surface area (Å²) in [5.74, 6) is 1.40. The van der Waals surface area contributed by atoms with Crippen LogP contribution in [0.2, 0.25) is 0 Å². The van der Waals surface area contributed by atoms with Crippen molar-refractivity contribution in [2.45, 2.75) is 25.2 Å². The summed E-state index contributed by atoms with van der Waals surface area (Å²) in [5.41, 5.74) is 1.42.